The molecule has 0 aliphatic carbocycles. The highest BCUT2D eigenvalue weighted by molar-refractivity contribution is 7.81. The number of thiol groups is 5. The fraction of sp³-hybridized carbons (Fsp3) is 0.739. The van der Waals surface area contributed by atoms with Gasteiger partial charge in [0.25, 0.3) is 0 Å². The first-order valence-electron chi connectivity index (χ1n) is 12.0. The zero-order valence-electron chi connectivity index (χ0n) is 22.4. The van der Waals surface area contributed by atoms with Crippen LogP contribution in [-0.2, 0) is 61.9 Å². The standard InChI is InChI=1S/C23H36O13S5/c1-2-16(24)31-10-22(11-32-17(25)3-37,12-33-18(26)4-38)8-30-9-23(13-34-19(27)5-39,14-35-20(28)6-40)15-36-21(29)7-41/h37-41H,2-15H2,1H3. The zero-order valence-corrected chi connectivity index (χ0v) is 26.9. The van der Waals surface area contributed by atoms with Crippen molar-refractivity contribution in [3.05, 3.63) is 0 Å². The van der Waals surface area contributed by atoms with E-state index >= 15 is 0 Å². The predicted molar refractivity (Wildman–Crippen MR) is 161 cm³/mol. The van der Waals surface area contributed by atoms with E-state index in [1.54, 1.807) is 6.92 Å². The Morgan fingerprint density at radius 2 is 0.634 bits per heavy atom. The van der Waals surface area contributed by atoms with E-state index in [1.807, 2.05) is 0 Å². The molecule has 0 heterocycles. The van der Waals surface area contributed by atoms with E-state index in [0.717, 1.165) is 0 Å². The number of esters is 6. The molecule has 0 unspecified atom stereocenters. The van der Waals surface area contributed by atoms with Crippen LogP contribution < -0.4 is 0 Å². The molecule has 0 spiro atoms. The highest BCUT2D eigenvalue weighted by Gasteiger charge is 2.40. The van der Waals surface area contributed by atoms with Gasteiger partial charge >= 0.3 is 35.8 Å². The lowest BCUT2D eigenvalue weighted by Gasteiger charge is -2.35. The fourth-order valence-corrected chi connectivity index (χ4v) is 3.17. The van der Waals surface area contributed by atoms with Crippen molar-refractivity contribution in [2.45, 2.75) is 13.3 Å². The molecule has 0 fully saturated rings. The van der Waals surface area contributed by atoms with Crippen molar-refractivity contribution in [2.75, 3.05) is 81.6 Å². The van der Waals surface area contributed by atoms with Crippen molar-refractivity contribution in [2.24, 2.45) is 10.8 Å². The second-order valence-electron chi connectivity index (χ2n) is 8.60. The monoisotopic (exact) mass is 680 g/mol. The average molecular weight is 681 g/mol. The van der Waals surface area contributed by atoms with Gasteiger partial charge in [-0.05, 0) is 0 Å². The summed E-state index contributed by atoms with van der Waals surface area (Å²) in [6.07, 6.45) is 0.0381. The molecule has 41 heavy (non-hydrogen) atoms. The van der Waals surface area contributed by atoms with Crippen molar-refractivity contribution < 1.29 is 61.9 Å². The van der Waals surface area contributed by atoms with Gasteiger partial charge in [0.1, 0.15) is 39.6 Å². The Morgan fingerprint density at radius 1 is 0.415 bits per heavy atom. The molecular formula is C23H36O13S5. The number of rotatable bonds is 22. The maximum atomic E-state index is 11.9. The van der Waals surface area contributed by atoms with Crippen LogP contribution in [0.4, 0.5) is 0 Å². The zero-order chi connectivity index (χ0) is 31.3. The highest BCUT2D eigenvalue weighted by atomic mass is 32.1. The molecule has 0 saturated carbocycles. The molecule has 0 radical (unpaired) electrons. The summed E-state index contributed by atoms with van der Waals surface area (Å²) in [4.78, 5) is 71.3. The first kappa shape index (κ1) is 39.5. The number of ether oxygens (including phenoxy) is 7. The van der Waals surface area contributed by atoms with Crippen molar-refractivity contribution in [1.29, 1.82) is 0 Å². The van der Waals surface area contributed by atoms with E-state index in [-0.39, 0.29) is 55.0 Å². The van der Waals surface area contributed by atoms with E-state index < -0.39 is 79.7 Å². The number of carbonyl (C=O) groups is 6. The highest BCUT2D eigenvalue weighted by Crippen LogP contribution is 2.26. The molecule has 0 saturated heterocycles. The van der Waals surface area contributed by atoms with Gasteiger partial charge in [0.2, 0.25) is 0 Å². The van der Waals surface area contributed by atoms with Crippen LogP contribution in [0.3, 0.4) is 0 Å². The second kappa shape index (κ2) is 22.1. The Kier molecular flexibility index (Phi) is 21.3. The number of carbonyl (C=O) groups excluding carboxylic acids is 6. The molecule has 0 aliphatic heterocycles. The third-order valence-corrected chi connectivity index (χ3v) is 6.28. The van der Waals surface area contributed by atoms with Gasteiger partial charge in [0, 0.05) is 6.42 Å². The average Bonchev–Trinajstić information content (AvgIpc) is 3.00. The fourth-order valence-electron chi connectivity index (χ4n) is 2.72. The largest absolute Gasteiger partial charge is 0.465 e. The van der Waals surface area contributed by atoms with Gasteiger partial charge in [-0.3, -0.25) is 28.8 Å². The molecule has 0 aromatic rings. The Balaban J connectivity index is 6.21. The van der Waals surface area contributed by atoms with Gasteiger partial charge in [-0.15, -0.1) is 0 Å². The molecule has 0 bridgehead atoms. The number of hydrogen-bond acceptors (Lipinski definition) is 18. The van der Waals surface area contributed by atoms with Crippen LogP contribution in [0.25, 0.3) is 0 Å². The smallest absolute Gasteiger partial charge is 0.315 e. The molecule has 0 aromatic carbocycles. The summed E-state index contributed by atoms with van der Waals surface area (Å²) in [7, 11) is 0. The summed E-state index contributed by atoms with van der Waals surface area (Å²) in [6.45, 7) is -1.62. The van der Waals surface area contributed by atoms with Gasteiger partial charge < -0.3 is 33.2 Å². The molecule has 0 atom stereocenters. The van der Waals surface area contributed by atoms with Crippen molar-refractivity contribution >= 4 is 99.0 Å². The van der Waals surface area contributed by atoms with E-state index in [4.69, 9.17) is 33.2 Å². The van der Waals surface area contributed by atoms with E-state index in [1.165, 1.54) is 0 Å². The second-order valence-corrected chi connectivity index (χ2v) is 10.2. The van der Waals surface area contributed by atoms with Crippen LogP contribution in [0.5, 0.6) is 0 Å². The normalized spacial score (nSPS) is 11.3. The third-order valence-electron chi connectivity index (χ3n) is 4.99. The lowest BCUT2D eigenvalue weighted by Crippen LogP contribution is -2.47. The molecule has 13 nitrogen and oxygen atoms in total. The van der Waals surface area contributed by atoms with Crippen molar-refractivity contribution in [1.82, 2.24) is 0 Å². The van der Waals surface area contributed by atoms with E-state index in [9.17, 15) is 28.8 Å². The molecule has 18 heteroatoms. The number of hydrogen-bond donors (Lipinski definition) is 5. The topological polar surface area (TPSA) is 167 Å². The van der Waals surface area contributed by atoms with Crippen LogP contribution in [0, 0.1) is 10.8 Å². The molecule has 0 aromatic heterocycles. The van der Waals surface area contributed by atoms with Crippen LogP contribution in [-0.4, -0.2) is 117 Å². The summed E-state index contributed by atoms with van der Waals surface area (Å²) < 4.78 is 37.3. The maximum absolute atomic E-state index is 11.9. The van der Waals surface area contributed by atoms with Crippen LogP contribution in [0.15, 0.2) is 0 Å². The Bertz CT molecular complexity index is 702. The molecular weight excluding hydrogens is 645 g/mol. The first-order valence-corrected chi connectivity index (χ1v) is 15.2. The molecule has 0 aliphatic rings. The van der Waals surface area contributed by atoms with Gasteiger partial charge in [-0.2, -0.15) is 63.1 Å². The van der Waals surface area contributed by atoms with Crippen LogP contribution >= 0.6 is 63.1 Å². The van der Waals surface area contributed by atoms with Crippen molar-refractivity contribution in [3.8, 4) is 0 Å². The summed E-state index contributed by atoms with van der Waals surface area (Å²) in [6, 6.07) is 0. The van der Waals surface area contributed by atoms with Crippen LogP contribution in [0.2, 0.25) is 0 Å². The minimum absolute atomic E-state index is 0.0381. The maximum Gasteiger partial charge on any atom is 0.315 e. The Morgan fingerprint density at radius 3 is 0.829 bits per heavy atom. The minimum atomic E-state index is -1.43. The SMILES string of the molecule is CCC(=O)OCC(COCC(COC(=O)CS)(COC(=O)CS)COC(=O)CS)(COC(=O)CS)COC(=O)CS. The lowest BCUT2D eigenvalue weighted by atomic mass is 9.90. The predicted octanol–water partition coefficient (Wildman–Crippen LogP) is 0.294. The summed E-state index contributed by atoms with van der Waals surface area (Å²) >= 11 is 19.3. The summed E-state index contributed by atoms with van der Waals surface area (Å²) in [5.41, 5.74) is -2.83. The van der Waals surface area contributed by atoms with E-state index in [0.29, 0.717) is 0 Å². The third kappa shape index (κ3) is 17.3. The van der Waals surface area contributed by atoms with Gasteiger partial charge in [0.15, 0.2) is 0 Å². The van der Waals surface area contributed by atoms with Gasteiger partial charge in [-0.1, -0.05) is 6.92 Å². The van der Waals surface area contributed by atoms with Gasteiger partial charge in [0.05, 0.1) is 52.8 Å². The minimum Gasteiger partial charge on any atom is -0.465 e. The Labute approximate surface area is 265 Å². The summed E-state index contributed by atoms with van der Waals surface area (Å²) in [5, 5.41) is 0. The quantitative estimate of drug-likeness (QED) is 0.0603. The van der Waals surface area contributed by atoms with Gasteiger partial charge in [-0.25, -0.2) is 0 Å². The van der Waals surface area contributed by atoms with Crippen molar-refractivity contribution in [3.63, 3.8) is 0 Å². The summed E-state index contributed by atoms with van der Waals surface area (Å²) in [5.74, 6) is -5.42. The van der Waals surface area contributed by atoms with Crippen LogP contribution in [0.1, 0.15) is 13.3 Å². The van der Waals surface area contributed by atoms with E-state index in [2.05, 4.69) is 63.1 Å². The molecule has 0 N–H and O–H groups in total. The lowest BCUT2D eigenvalue weighted by molar-refractivity contribution is -0.172. The Hall–Kier alpha value is -1.47. The molecule has 236 valence electrons. The molecule has 0 rings (SSSR count). The first-order chi connectivity index (χ1) is 19.4. The molecule has 0 amide bonds.